The largest absolute Gasteiger partial charge is 0.387 e. The summed E-state index contributed by atoms with van der Waals surface area (Å²) >= 11 is 40.7. The van der Waals surface area contributed by atoms with E-state index in [1.807, 2.05) is 0 Å². The lowest BCUT2D eigenvalue weighted by atomic mass is 10.1. The summed E-state index contributed by atoms with van der Waals surface area (Å²) in [7, 11) is 0. The number of hydrogen-bond acceptors (Lipinski definition) is 3. The first-order valence-corrected chi connectivity index (χ1v) is 8.59. The molecule has 1 atom stereocenters. The molecule has 4 nitrogen and oxygen atoms in total. The molecule has 1 unspecified atom stereocenters. The molecule has 1 aromatic carbocycles. The SMILES string of the molecule is NC(=O)c1ccc(C(O)CNC(Cl)(Cl)C(Cl)(Cl)C(Cl)(Cl)Cl)cc1. The van der Waals surface area contributed by atoms with Gasteiger partial charge in [-0.3, -0.25) is 10.1 Å². The van der Waals surface area contributed by atoms with E-state index in [2.05, 4.69) is 5.32 Å². The van der Waals surface area contributed by atoms with Crippen molar-refractivity contribution in [1.82, 2.24) is 5.32 Å². The monoisotopic (exact) mass is 460 g/mol. The van der Waals surface area contributed by atoms with Crippen LogP contribution in [0.3, 0.4) is 0 Å². The Hall–Kier alpha value is 0.640. The van der Waals surface area contributed by atoms with Gasteiger partial charge in [0, 0.05) is 12.1 Å². The molecule has 4 N–H and O–H groups in total. The van der Waals surface area contributed by atoms with Crippen LogP contribution in [-0.2, 0) is 0 Å². The van der Waals surface area contributed by atoms with Crippen LogP contribution >= 0.6 is 81.2 Å². The number of rotatable bonds is 6. The number of nitrogens with two attached hydrogens (primary N) is 1. The second-order valence-corrected chi connectivity index (χ2v) is 9.47. The minimum Gasteiger partial charge on any atom is -0.387 e. The molecule has 11 heteroatoms. The van der Waals surface area contributed by atoms with E-state index in [1.165, 1.54) is 24.3 Å². The molecule has 1 aromatic rings. The van der Waals surface area contributed by atoms with Crippen molar-refractivity contribution in [2.75, 3.05) is 6.54 Å². The van der Waals surface area contributed by atoms with Crippen LogP contribution in [-0.4, -0.2) is 30.1 Å². The molecular weight excluding hydrogens is 452 g/mol. The number of aliphatic hydroxyl groups excluding tert-OH is 1. The fraction of sp³-hybridized carbons (Fsp3) is 0.417. The predicted molar refractivity (Wildman–Crippen MR) is 97.1 cm³/mol. The van der Waals surface area contributed by atoms with Gasteiger partial charge in [-0.25, -0.2) is 0 Å². The van der Waals surface area contributed by atoms with E-state index in [1.54, 1.807) is 0 Å². The van der Waals surface area contributed by atoms with Crippen LogP contribution in [0, 0.1) is 0 Å². The highest BCUT2D eigenvalue weighted by atomic mass is 35.6. The molecule has 0 aliphatic rings. The van der Waals surface area contributed by atoms with E-state index in [0.29, 0.717) is 11.1 Å². The Morgan fingerprint density at radius 1 is 1.09 bits per heavy atom. The number of primary amides is 1. The molecule has 0 saturated carbocycles. The van der Waals surface area contributed by atoms with Gasteiger partial charge in [0.2, 0.25) is 18.5 Å². The summed E-state index contributed by atoms with van der Waals surface area (Å²) in [4.78, 5) is 11.0. The van der Waals surface area contributed by atoms with Crippen molar-refractivity contribution in [3.05, 3.63) is 35.4 Å². The normalized spacial score (nSPS) is 14.6. The third-order valence-corrected chi connectivity index (χ3v) is 6.63. The number of halogens is 7. The summed E-state index contributed by atoms with van der Waals surface area (Å²) < 4.78 is -6.47. The summed E-state index contributed by atoms with van der Waals surface area (Å²) in [5, 5.41) is 12.6. The average Bonchev–Trinajstić information content (AvgIpc) is 2.43. The molecule has 1 rings (SSSR count). The number of alkyl halides is 7. The number of hydrogen-bond donors (Lipinski definition) is 3. The standard InChI is InChI=1S/C12H11Cl7N2O2/c13-10(14,11(15,16)17)12(18,19)21-5-8(22)6-1-3-7(4-2-6)9(20)23/h1-4,8,21-22H,5H2,(H2,20,23). The number of nitrogens with one attached hydrogen (secondary N) is 1. The van der Waals surface area contributed by atoms with Gasteiger partial charge in [0.15, 0.2) is 0 Å². The van der Waals surface area contributed by atoms with E-state index >= 15 is 0 Å². The van der Waals surface area contributed by atoms with Gasteiger partial charge < -0.3 is 10.8 Å². The minimum absolute atomic E-state index is 0.162. The van der Waals surface area contributed by atoms with E-state index in [0.717, 1.165) is 0 Å². The van der Waals surface area contributed by atoms with Crippen molar-refractivity contribution >= 4 is 87.1 Å². The van der Waals surface area contributed by atoms with Crippen LogP contribution < -0.4 is 11.1 Å². The Morgan fingerprint density at radius 2 is 1.57 bits per heavy atom. The van der Waals surface area contributed by atoms with Gasteiger partial charge in [0.25, 0.3) is 0 Å². The molecule has 130 valence electrons. The molecule has 23 heavy (non-hydrogen) atoms. The highest BCUT2D eigenvalue weighted by Gasteiger charge is 2.60. The minimum atomic E-state index is -2.21. The molecule has 0 aliphatic carbocycles. The zero-order valence-electron chi connectivity index (χ0n) is 11.2. The van der Waals surface area contributed by atoms with Gasteiger partial charge in [0.05, 0.1) is 6.10 Å². The Labute approximate surface area is 168 Å². The molecule has 0 fully saturated rings. The third kappa shape index (κ3) is 5.30. The lowest BCUT2D eigenvalue weighted by molar-refractivity contribution is 0.1000. The van der Waals surface area contributed by atoms with Gasteiger partial charge in [-0.2, -0.15) is 0 Å². The van der Waals surface area contributed by atoms with Crippen LogP contribution in [0.4, 0.5) is 0 Å². The number of aliphatic hydroxyl groups is 1. The van der Waals surface area contributed by atoms with Crippen LogP contribution in [0.25, 0.3) is 0 Å². The number of amides is 1. The predicted octanol–water partition coefficient (Wildman–Crippen LogP) is 4.08. The summed E-state index contributed by atoms with van der Waals surface area (Å²) in [6.45, 7) is -0.162. The number of benzene rings is 1. The molecule has 1 amide bonds. The number of carbonyl (C=O) groups is 1. The average molecular weight is 463 g/mol. The summed E-state index contributed by atoms with van der Waals surface area (Å²) in [5.41, 5.74) is 5.90. The topological polar surface area (TPSA) is 75.4 Å². The fourth-order valence-electron chi connectivity index (χ4n) is 1.50. The first kappa shape index (κ1) is 21.7. The maximum Gasteiger partial charge on any atom is 0.248 e. The maximum atomic E-state index is 11.0. The van der Waals surface area contributed by atoms with Gasteiger partial charge in [-0.15, -0.1) is 0 Å². The second-order valence-electron chi connectivity index (χ2n) is 4.53. The highest BCUT2D eigenvalue weighted by Crippen LogP contribution is 2.55. The summed E-state index contributed by atoms with van der Waals surface area (Å²) in [5.74, 6) is -0.582. The second kappa shape index (κ2) is 7.90. The van der Waals surface area contributed by atoms with Gasteiger partial charge in [-0.05, 0) is 17.7 Å². The van der Waals surface area contributed by atoms with E-state index in [9.17, 15) is 9.90 Å². The summed E-state index contributed by atoms with van der Waals surface area (Å²) in [6, 6.07) is 5.95. The third-order valence-electron chi connectivity index (χ3n) is 2.85. The molecule has 0 bridgehead atoms. The number of carbonyl (C=O) groups excluding carboxylic acids is 1. The molecule has 0 heterocycles. The van der Waals surface area contributed by atoms with Crippen molar-refractivity contribution in [2.45, 2.75) is 18.7 Å². The molecule has 0 radical (unpaired) electrons. The lowest BCUT2D eigenvalue weighted by Crippen LogP contribution is -2.56. The van der Waals surface area contributed by atoms with E-state index in [4.69, 9.17) is 86.9 Å². The van der Waals surface area contributed by atoms with Crippen molar-refractivity contribution in [1.29, 1.82) is 0 Å². The highest BCUT2D eigenvalue weighted by molar-refractivity contribution is 6.78. The van der Waals surface area contributed by atoms with Crippen LogP contribution in [0.5, 0.6) is 0 Å². The Balaban J connectivity index is 2.78. The van der Waals surface area contributed by atoms with Gasteiger partial charge in [-0.1, -0.05) is 93.3 Å². The van der Waals surface area contributed by atoms with Crippen LogP contribution in [0.1, 0.15) is 22.0 Å². The Bertz CT molecular complexity index is 558. The van der Waals surface area contributed by atoms with Crippen molar-refractivity contribution < 1.29 is 9.90 Å². The first-order valence-electron chi connectivity index (χ1n) is 5.95. The van der Waals surface area contributed by atoms with Crippen LogP contribution in [0.2, 0.25) is 0 Å². The maximum absolute atomic E-state index is 11.0. The quantitative estimate of drug-likeness (QED) is 0.440. The first-order chi connectivity index (χ1) is 10.3. The molecule has 0 spiro atoms. The van der Waals surface area contributed by atoms with Crippen molar-refractivity contribution in [3.63, 3.8) is 0 Å². The molecular formula is C12H11Cl7N2O2. The van der Waals surface area contributed by atoms with Gasteiger partial charge in [0.1, 0.15) is 0 Å². The molecule has 0 aliphatic heterocycles. The van der Waals surface area contributed by atoms with E-state index < -0.39 is 24.6 Å². The lowest BCUT2D eigenvalue weighted by Gasteiger charge is -2.38. The zero-order valence-corrected chi connectivity index (χ0v) is 16.5. The fourth-order valence-corrected chi connectivity index (χ4v) is 2.79. The molecule has 0 aromatic heterocycles. The molecule has 0 saturated heterocycles. The zero-order chi connectivity index (χ0) is 18.1. The smallest absolute Gasteiger partial charge is 0.248 e. The Morgan fingerprint density at radius 3 is 1.96 bits per heavy atom. The Kier molecular flexibility index (Phi) is 7.44. The van der Waals surface area contributed by atoms with Crippen LogP contribution in [0.15, 0.2) is 24.3 Å². The summed E-state index contributed by atoms with van der Waals surface area (Å²) in [6.07, 6.45) is -1.05. The van der Waals surface area contributed by atoms with Crippen molar-refractivity contribution in [2.24, 2.45) is 5.73 Å². The van der Waals surface area contributed by atoms with E-state index in [-0.39, 0.29) is 6.54 Å². The van der Waals surface area contributed by atoms with Gasteiger partial charge >= 0.3 is 0 Å². The van der Waals surface area contributed by atoms with Crippen molar-refractivity contribution in [3.8, 4) is 0 Å².